The standard InChI is InChI=1S/C15H15N3O2S/c1-10-6-11(2)18(15(20)13(10)7-16)9-14(19)17-8-12-4-3-5-21-12/h3-6H,8-9H2,1-2H3,(H,17,19). The molecule has 2 rings (SSSR count). The smallest absolute Gasteiger partial charge is 0.269 e. The number of hydrogen-bond donors (Lipinski definition) is 1. The van der Waals surface area contributed by atoms with E-state index in [0.29, 0.717) is 17.8 Å². The molecule has 0 aliphatic heterocycles. The number of aromatic nitrogens is 1. The van der Waals surface area contributed by atoms with Crippen molar-refractivity contribution in [3.63, 3.8) is 0 Å². The molecule has 0 radical (unpaired) electrons. The predicted octanol–water partition coefficient (Wildman–Crippen LogP) is 1.71. The Labute approximate surface area is 126 Å². The van der Waals surface area contributed by atoms with E-state index >= 15 is 0 Å². The van der Waals surface area contributed by atoms with Crippen molar-refractivity contribution in [2.75, 3.05) is 0 Å². The van der Waals surface area contributed by atoms with Gasteiger partial charge in [-0.3, -0.25) is 9.59 Å². The number of rotatable bonds is 4. The normalized spacial score (nSPS) is 10.1. The summed E-state index contributed by atoms with van der Waals surface area (Å²) in [4.78, 5) is 25.2. The molecule has 0 atom stereocenters. The van der Waals surface area contributed by atoms with Crippen molar-refractivity contribution in [2.45, 2.75) is 26.9 Å². The number of amides is 1. The van der Waals surface area contributed by atoms with Gasteiger partial charge >= 0.3 is 0 Å². The van der Waals surface area contributed by atoms with E-state index in [0.717, 1.165) is 4.88 Å². The molecule has 2 aromatic heterocycles. The van der Waals surface area contributed by atoms with Crippen LogP contribution in [0.3, 0.4) is 0 Å². The molecule has 0 unspecified atom stereocenters. The zero-order valence-corrected chi connectivity index (χ0v) is 12.7. The van der Waals surface area contributed by atoms with Crippen LogP contribution in [0.5, 0.6) is 0 Å². The Morgan fingerprint density at radius 3 is 2.86 bits per heavy atom. The minimum absolute atomic E-state index is 0.0784. The highest BCUT2D eigenvalue weighted by Gasteiger charge is 2.12. The molecule has 0 saturated heterocycles. The molecule has 0 fully saturated rings. The van der Waals surface area contributed by atoms with Gasteiger partial charge in [-0.15, -0.1) is 11.3 Å². The minimum atomic E-state index is -0.415. The van der Waals surface area contributed by atoms with Crippen molar-refractivity contribution in [2.24, 2.45) is 0 Å². The van der Waals surface area contributed by atoms with Gasteiger partial charge in [0.2, 0.25) is 5.91 Å². The highest BCUT2D eigenvalue weighted by atomic mass is 32.1. The molecule has 6 heteroatoms. The number of aryl methyl sites for hydroxylation is 2. The van der Waals surface area contributed by atoms with Crippen molar-refractivity contribution in [1.82, 2.24) is 9.88 Å². The van der Waals surface area contributed by atoms with Gasteiger partial charge in [-0.2, -0.15) is 5.26 Å². The zero-order chi connectivity index (χ0) is 15.4. The van der Waals surface area contributed by atoms with Gasteiger partial charge in [-0.1, -0.05) is 6.07 Å². The van der Waals surface area contributed by atoms with Crippen molar-refractivity contribution in [3.8, 4) is 6.07 Å². The van der Waals surface area contributed by atoms with Crippen molar-refractivity contribution < 1.29 is 4.79 Å². The van der Waals surface area contributed by atoms with Crippen molar-refractivity contribution in [3.05, 3.63) is 55.6 Å². The maximum atomic E-state index is 12.2. The van der Waals surface area contributed by atoms with Crippen LogP contribution in [0.1, 0.15) is 21.7 Å². The van der Waals surface area contributed by atoms with Crippen molar-refractivity contribution >= 4 is 17.2 Å². The Morgan fingerprint density at radius 1 is 1.48 bits per heavy atom. The maximum Gasteiger partial charge on any atom is 0.269 e. The Morgan fingerprint density at radius 2 is 2.24 bits per heavy atom. The van der Waals surface area contributed by atoms with Crippen LogP contribution in [-0.2, 0) is 17.9 Å². The molecule has 0 aromatic carbocycles. The molecule has 21 heavy (non-hydrogen) atoms. The molecular weight excluding hydrogens is 286 g/mol. The summed E-state index contributed by atoms with van der Waals surface area (Å²) in [5, 5.41) is 13.7. The maximum absolute atomic E-state index is 12.2. The number of carbonyl (C=O) groups excluding carboxylic acids is 1. The van der Waals surface area contributed by atoms with E-state index in [1.165, 1.54) is 4.57 Å². The van der Waals surface area contributed by atoms with Crippen molar-refractivity contribution in [1.29, 1.82) is 5.26 Å². The van der Waals surface area contributed by atoms with Crippen LogP contribution in [0.4, 0.5) is 0 Å². The van der Waals surface area contributed by atoms with Crippen LogP contribution in [0.2, 0.25) is 0 Å². The average Bonchev–Trinajstić information content (AvgIpc) is 2.95. The lowest BCUT2D eigenvalue weighted by molar-refractivity contribution is -0.121. The second-order valence-corrected chi connectivity index (χ2v) is 5.74. The monoisotopic (exact) mass is 301 g/mol. The quantitative estimate of drug-likeness (QED) is 0.934. The number of nitrogens with one attached hydrogen (secondary N) is 1. The second-order valence-electron chi connectivity index (χ2n) is 4.70. The van der Waals surface area contributed by atoms with Gasteiger partial charge in [-0.25, -0.2) is 0 Å². The van der Waals surface area contributed by atoms with Gasteiger partial charge in [-0.05, 0) is 36.9 Å². The molecule has 1 N–H and O–H groups in total. The first-order chi connectivity index (χ1) is 10.0. The molecule has 0 spiro atoms. The Kier molecular flexibility index (Phi) is 4.55. The van der Waals surface area contributed by atoms with Crippen LogP contribution in [-0.4, -0.2) is 10.5 Å². The fourth-order valence-corrected chi connectivity index (χ4v) is 2.70. The summed E-state index contributed by atoms with van der Waals surface area (Å²) in [6.45, 7) is 3.84. The highest BCUT2D eigenvalue weighted by molar-refractivity contribution is 7.09. The van der Waals surface area contributed by atoms with E-state index in [9.17, 15) is 9.59 Å². The van der Waals surface area contributed by atoms with Gasteiger partial charge in [0, 0.05) is 10.6 Å². The van der Waals surface area contributed by atoms with E-state index in [2.05, 4.69) is 5.32 Å². The number of nitrogens with zero attached hydrogens (tertiary/aromatic N) is 2. The lowest BCUT2D eigenvalue weighted by Gasteiger charge is -2.11. The van der Waals surface area contributed by atoms with E-state index in [1.54, 1.807) is 31.3 Å². The third kappa shape index (κ3) is 3.38. The van der Waals surface area contributed by atoms with E-state index in [1.807, 2.05) is 23.6 Å². The topological polar surface area (TPSA) is 74.9 Å². The van der Waals surface area contributed by atoms with Crippen LogP contribution in [0, 0.1) is 25.2 Å². The van der Waals surface area contributed by atoms with Gasteiger partial charge in [0.05, 0.1) is 6.54 Å². The Hall–Kier alpha value is -2.39. The number of pyridine rings is 1. The van der Waals surface area contributed by atoms with Crippen LogP contribution in [0.15, 0.2) is 28.4 Å². The summed E-state index contributed by atoms with van der Waals surface area (Å²) in [5.41, 5.74) is 0.978. The Bertz CT molecular complexity index is 754. The first-order valence-electron chi connectivity index (χ1n) is 6.43. The summed E-state index contributed by atoms with van der Waals surface area (Å²) < 4.78 is 1.33. The fraction of sp³-hybridized carbons (Fsp3) is 0.267. The van der Waals surface area contributed by atoms with Gasteiger partial charge in [0.25, 0.3) is 5.56 Å². The molecule has 108 valence electrons. The molecule has 0 bridgehead atoms. The van der Waals surface area contributed by atoms with E-state index < -0.39 is 5.56 Å². The van der Waals surface area contributed by atoms with E-state index in [-0.39, 0.29) is 18.0 Å². The molecule has 1 amide bonds. The lowest BCUT2D eigenvalue weighted by Crippen LogP contribution is -2.34. The molecule has 5 nitrogen and oxygen atoms in total. The molecule has 0 aliphatic rings. The first kappa shape index (κ1) is 15.0. The average molecular weight is 301 g/mol. The largest absolute Gasteiger partial charge is 0.350 e. The number of carbonyl (C=O) groups is 1. The summed E-state index contributed by atoms with van der Waals surface area (Å²) in [7, 11) is 0. The molecule has 0 saturated carbocycles. The number of thiophene rings is 1. The summed E-state index contributed by atoms with van der Waals surface area (Å²) in [6, 6.07) is 7.49. The highest BCUT2D eigenvalue weighted by Crippen LogP contribution is 2.08. The fourth-order valence-electron chi connectivity index (χ4n) is 2.06. The Balaban J connectivity index is 2.14. The molecular formula is C15H15N3O2S. The minimum Gasteiger partial charge on any atom is -0.350 e. The molecule has 2 heterocycles. The summed E-state index contributed by atoms with van der Waals surface area (Å²) in [5.74, 6) is -0.249. The van der Waals surface area contributed by atoms with Crippen LogP contribution >= 0.6 is 11.3 Å². The SMILES string of the molecule is Cc1cc(C)n(CC(=O)NCc2cccs2)c(=O)c1C#N. The number of nitriles is 1. The van der Waals surface area contributed by atoms with Gasteiger partial charge in [0.15, 0.2) is 0 Å². The third-order valence-corrected chi connectivity index (χ3v) is 4.03. The molecule has 0 aliphatic carbocycles. The molecule has 2 aromatic rings. The lowest BCUT2D eigenvalue weighted by atomic mass is 10.1. The first-order valence-corrected chi connectivity index (χ1v) is 7.31. The third-order valence-electron chi connectivity index (χ3n) is 3.16. The summed E-state index contributed by atoms with van der Waals surface area (Å²) in [6.07, 6.45) is 0. The number of hydrogen-bond acceptors (Lipinski definition) is 4. The second kappa shape index (κ2) is 6.37. The predicted molar refractivity (Wildman–Crippen MR) is 81.1 cm³/mol. The van der Waals surface area contributed by atoms with Gasteiger partial charge < -0.3 is 9.88 Å². The van der Waals surface area contributed by atoms with E-state index in [4.69, 9.17) is 5.26 Å². The zero-order valence-electron chi connectivity index (χ0n) is 11.8. The summed E-state index contributed by atoms with van der Waals surface area (Å²) >= 11 is 1.56. The van der Waals surface area contributed by atoms with Gasteiger partial charge in [0.1, 0.15) is 18.2 Å². The van der Waals surface area contributed by atoms with Crippen LogP contribution < -0.4 is 10.9 Å². The van der Waals surface area contributed by atoms with Crippen LogP contribution in [0.25, 0.3) is 0 Å².